The van der Waals surface area contributed by atoms with Crippen LogP contribution in [0.4, 0.5) is 16.2 Å². The lowest BCUT2D eigenvalue weighted by Gasteiger charge is -2.31. The van der Waals surface area contributed by atoms with Crippen molar-refractivity contribution >= 4 is 23.4 Å². The maximum atomic E-state index is 12.3. The van der Waals surface area contributed by atoms with E-state index in [1.54, 1.807) is 13.8 Å². The lowest BCUT2D eigenvalue weighted by molar-refractivity contribution is -0.138. The number of urea groups is 1. The zero-order chi connectivity index (χ0) is 19.2. The Morgan fingerprint density at radius 3 is 2.74 bits per heavy atom. The van der Waals surface area contributed by atoms with Gasteiger partial charge in [-0.3, -0.25) is 0 Å². The molecule has 7 nitrogen and oxygen atoms in total. The summed E-state index contributed by atoms with van der Waals surface area (Å²) < 4.78 is 5.16. The highest BCUT2D eigenvalue weighted by Gasteiger charge is 2.29. The molecule has 2 aliphatic heterocycles. The van der Waals surface area contributed by atoms with Crippen LogP contribution in [-0.2, 0) is 9.53 Å². The van der Waals surface area contributed by atoms with E-state index in [9.17, 15) is 9.59 Å². The van der Waals surface area contributed by atoms with Crippen molar-refractivity contribution in [3.05, 3.63) is 35.5 Å². The number of rotatable bonds is 6. The van der Waals surface area contributed by atoms with Crippen LogP contribution < -0.4 is 20.9 Å². The van der Waals surface area contributed by atoms with Gasteiger partial charge in [0.15, 0.2) is 0 Å². The number of amides is 2. The quantitative estimate of drug-likeness (QED) is 0.669. The molecule has 1 aromatic rings. The first-order valence-corrected chi connectivity index (χ1v) is 9.65. The van der Waals surface area contributed by atoms with E-state index >= 15 is 0 Å². The van der Waals surface area contributed by atoms with Gasteiger partial charge in [-0.25, -0.2) is 9.59 Å². The highest BCUT2D eigenvalue weighted by molar-refractivity contribution is 5.95. The zero-order valence-electron chi connectivity index (χ0n) is 16.0. The summed E-state index contributed by atoms with van der Waals surface area (Å²) in [5.41, 5.74) is 3.16. The van der Waals surface area contributed by atoms with Gasteiger partial charge >= 0.3 is 12.0 Å². The van der Waals surface area contributed by atoms with Crippen LogP contribution in [0.2, 0.25) is 0 Å². The molecule has 2 amide bonds. The first kappa shape index (κ1) is 19.1. The number of carbonyl (C=O) groups is 2. The molecule has 0 bridgehead atoms. The Morgan fingerprint density at radius 2 is 2.00 bits per heavy atom. The molecule has 0 spiro atoms. The van der Waals surface area contributed by atoms with Gasteiger partial charge in [0.25, 0.3) is 0 Å². The predicted octanol–water partition coefficient (Wildman–Crippen LogP) is 2.61. The van der Waals surface area contributed by atoms with E-state index in [2.05, 4.69) is 26.9 Å². The van der Waals surface area contributed by atoms with Gasteiger partial charge in [-0.2, -0.15) is 0 Å². The second-order valence-electron chi connectivity index (χ2n) is 6.85. The molecule has 1 fully saturated rings. The standard InChI is InChI=1S/C20H28N4O3/c1-3-27-19(25)18-14(2)22-20(26)23-16(18)13-21-15-9-5-6-10-17(15)24-11-7-4-8-12-24/h5-6,9-10,14,21H,3-4,7-8,11-13H2,1-2H3,(H2,22,23,26). The topological polar surface area (TPSA) is 82.7 Å². The molecular weight excluding hydrogens is 344 g/mol. The van der Waals surface area contributed by atoms with Gasteiger partial charge in [-0.1, -0.05) is 12.1 Å². The number of benzene rings is 1. The van der Waals surface area contributed by atoms with Gasteiger partial charge in [0.05, 0.1) is 41.8 Å². The summed E-state index contributed by atoms with van der Waals surface area (Å²) in [4.78, 5) is 26.6. The number of hydrogen-bond acceptors (Lipinski definition) is 5. The summed E-state index contributed by atoms with van der Waals surface area (Å²) in [6.45, 7) is 6.29. The largest absolute Gasteiger partial charge is 0.463 e. The van der Waals surface area contributed by atoms with Crippen molar-refractivity contribution < 1.29 is 14.3 Å². The fourth-order valence-electron chi connectivity index (χ4n) is 3.64. The van der Waals surface area contributed by atoms with Crippen molar-refractivity contribution in [1.29, 1.82) is 0 Å². The van der Waals surface area contributed by atoms with Crippen LogP contribution in [0.15, 0.2) is 35.5 Å². The van der Waals surface area contributed by atoms with Crippen molar-refractivity contribution in [3.63, 3.8) is 0 Å². The summed E-state index contributed by atoms with van der Waals surface area (Å²) in [7, 11) is 0. The Labute approximate surface area is 160 Å². The van der Waals surface area contributed by atoms with Crippen LogP contribution in [0.25, 0.3) is 0 Å². The van der Waals surface area contributed by atoms with E-state index in [0.717, 1.165) is 24.5 Å². The third-order valence-corrected chi connectivity index (χ3v) is 4.92. The van der Waals surface area contributed by atoms with Crippen LogP contribution in [0.3, 0.4) is 0 Å². The van der Waals surface area contributed by atoms with Crippen LogP contribution in [0, 0.1) is 0 Å². The minimum atomic E-state index is -0.404. The summed E-state index contributed by atoms with van der Waals surface area (Å²) in [6.07, 6.45) is 3.68. The molecule has 0 aliphatic carbocycles. The SMILES string of the molecule is CCOC(=O)C1=C(CNc2ccccc2N2CCCCC2)NC(=O)NC1C. The van der Waals surface area contributed by atoms with Gasteiger partial charge < -0.3 is 25.6 Å². The van der Waals surface area contributed by atoms with E-state index in [4.69, 9.17) is 4.74 Å². The third kappa shape index (κ3) is 4.53. The van der Waals surface area contributed by atoms with Crippen LogP contribution in [0.1, 0.15) is 33.1 Å². The number of hydrogen-bond donors (Lipinski definition) is 3. The first-order chi connectivity index (χ1) is 13.1. The number of para-hydroxylation sites is 2. The molecule has 0 saturated carbocycles. The fourth-order valence-corrected chi connectivity index (χ4v) is 3.64. The highest BCUT2D eigenvalue weighted by atomic mass is 16.5. The third-order valence-electron chi connectivity index (χ3n) is 4.92. The smallest absolute Gasteiger partial charge is 0.337 e. The summed E-state index contributed by atoms with van der Waals surface area (Å²) in [5, 5.41) is 8.87. The normalized spacial score (nSPS) is 20.0. The molecule has 7 heteroatoms. The Bertz CT molecular complexity index is 726. The van der Waals surface area contributed by atoms with Gasteiger partial charge in [0.1, 0.15) is 0 Å². The average Bonchev–Trinajstić information content (AvgIpc) is 2.67. The molecule has 0 aromatic heterocycles. The molecule has 1 aromatic carbocycles. The Hall–Kier alpha value is -2.70. The molecule has 2 aliphatic rings. The number of piperidine rings is 1. The lowest BCUT2D eigenvalue weighted by Crippen LogP contribution is -2.50. The van der Waals surface area contributed by atoms with Crippen LogP contribution in [-0.4, -0.2) is 44.3 Å². The fraction of sp³-hybridized carbons (Fsp3) is 0.500. The van der Waals surface area contributed by atoms with Crippen molar-refractivity contribution in [1.82, 2.24) is 10.6 Å². The summed E-state index contributed by atoms with van der Waals surface area (Å²) >= 11 is 0. The molecule has 3 rings (SSSR count). The van der Waals surface area contributed by atoms with Crippen LogP contribution in [0.5, 0.6) is 0 Å². The van der Waals surface area contributed by atoms with Crippen molar-refractivity contribution in [2.75, 3.05) is 36.5 Å². The van der Waals surface area contributed by atoms with E-state index < -0.39 is 12.0 Å². The number of esters is 1. The number of anilines is 2. The second kappa shape index (κ2) is 8.79. The monoisotopic (exact) mass is 372 g/mol. The van der Waals surface area contributed by atoms with Gasteiger partial charge in [-0.15, -0.1) is 0 Å². The van der Waals surface area contributed by atoms with Crippen molar-refractivity contribution in [2.45, 2.75) is 39.2 Å². The molecule has 3 N–H and O–H groups in total. The number of carbonyl (C=O) groups excluding carboxylic acids is 2. The van der Waals surface area contributed by atoms with Gasteiger partial charge in [0, 0.05) is 13.1 Å². The first-order valence-electron chi connectivity index (χ1n) is 9.65. The molecule has 0 radical (unpaired) electrons. The Balaban J connectivity index is 1.80. The number of nitrogens with zero attached hydrogens (tertiary/aromatic N) is 1. The summed E-state index contributed by atoms with van der Waals surface area (Å²) in [6, 6.07) is 7.45. The molecular formula is C20H28N4O3. The maximum absolute atomic E-state index is 12.3. The molecule has 1 saturated heterocycles. The molecule has 1 atom stereocenters. The maximum Gasteiger partial charge on any atom is 0.337 e. The second-order valence-corrected chi connectivity index (χ2v) is 6.85. The number of ether oxygens (including phenoxy) is 1. The Kier molecular flexibility index (Phi) is 6.21. The van der Waals surface area contributed by atoms with E-state index in [0.29, 0.717) is 24.4 Å². The van der Waals surface area contributed by atoms with Crippen molar-refractivity contribution in [2.24, 2.45) is 0 Å². The predicted molar refractivity (Wildman–Crippen MR) is 106 cm³/mol. The zero-order valence-corrected chi connectivity index (χ0v) is 16.0. The molecule has 27 heavy (non-hydrogen) atoms. The number of nitrogens with one attached hydrogen (secondary N) is 3. The average molecular weight is 372 g/mol. The van der Waals surface area contributed by atoms with Crippen molar-refractivity contribution in [3.8, 4) is 0 Å². The van der Waals surface area contributed by atoms with Gasteiger partial charge in [-0.05, 0) is 45.2 Å². The lowest BCUT2D eigenvalue weighted by atomic mass is 10.0. The van der Waals surface area contributed by atoms with E-state index in [-0.39, 0.29) is 6.03 Å². The molecule has 2 heterocycles. The minimum Gasteiger partial charge on any atom is -0.463 e. The van der Waals surface area contributed by atoms with Crippen LogP contribution >= 0.6 is 0 Å². The molecule has 1 unspecified atom stereocenters. The molecule has 146 valence electrons. The Morgan fingerprint density at radius 1 is 1.26 bits per heavy atom. The summed E-state index contributed by atoms with van der Waals surface area (Å²) in [5.74, 6) is -0.404. The van der Waals surface area contributed by atoms with E-state index in [1.165, 1.54) is 19.3 Å². The highest BCUT2D eigenvalue weighted by Crippen LogP contribution is 2.28. The van der Waals surface area contributed by atoms with E-state index in [1.807, 2.05) is 18.2 Å². The van der Waals surface area contributed by atoms with Gasteiger partial charge in [0.2, 0.25) is 0 Å². The minimum absolute atomic E-state index is 0.293.